The molecule has 2 aromatic rings. The van der Waals surface area contributed by atoms with Crippen molar-refractivity contribution in [1.29, 1.82) is 0 Å². The van der Waals surface area contributed by atoms with Crippen LogP contribution in [0.2, 0.25) is 0 Å². The molecule has 1 fully saturated rings. The van der Waals surface area contributed by atoms with E-state index in [0.29, 0.717) is 5.92 Å². The summed E-state index contributed by atoms with van der Waals surface area (Å²) in [6.45, 7) is 7.68. The van der Waals surface area contributed by atoms with Gasteiger partial charge in [-0.25, -0.2) is 4.68 Å². The number of anilines is 1. The number of benzene rings is 1. The summed E-state index contributed by atoms with van der Waals surface area (Å²) in [7, 11) is 0. The van der Waals surface area contributed by atoms with E-state index < -0.39 is 6.04 Å². The molecule has 1 atom stereocenters. The molecular formula is C19H23N3O2. The number of carbonyl (C=O) groups excluding carboxylic acids is 1. The molecule has 1 heterocycles. The van der Waals surface area contributed by atoms with Crippen LogP contribution in [0.1, 0.15) is 54.1 Å². The Kier molecular flexibility index (Phi) is 4.26. The first-order chi connectivity index (χ1) is 11.4. The van der Waals surface area contributed by atoms with Gasteiger partial charge in [-0.1, -0.05) is 17.7 Å². The maximum absolute atomic E-state index is 12.6. The SMILES string of the molecule is Cc1cc(C)c(NC(=O)C(C)n2nc(C3CC3)ccc2=O)c(C)c1. The zero-order valence-electron chi connectivity index (χ0n) is 14.6. The number of carbonyl (C=O) groups is 1. The van der Waals surface area contributed by atoms with E-state index in [0.717, 1.165) is 40.9 Å². The molecule has 5 nitrogen and oxygen atoms in total. The highest BCUT2D eigenvalue weighted by Crippen LogP contribution is 2.38. The molecule has 1 amide bonds. The second kappa shape index (κ2) is 6.23. The van der Waals surface area contributed by atoms with Crippen molar-refractivity contribution < 1.29 is 4.79 Å². The number of amides is 1. The molecule has 0 bridgehead atoms. The van der Waals surface area contributed by atoms with E-state index in [-0.39, 0.29) is 11.5 Å². The summed E-state index contributed by atoms with van der Waals surface area (Å²) < 4.78 is 1.29. The molecule has 1 aliphatic rings. The molecule has 1 aromatic heterocycles. The van der Waals surface area contributed by atoms with E-state index in [4.69, 9.17) is 0 Å². The van der Waals surface area contributed by atoms with Crippen molar-refractivity contribution in [3.8, 4) is 0 Å². The number of nitrogens with one attached hydrogen (secondary N) is 1. The van der Waals surface area contributed by atoms with Crippen LogP contribution in [-0.2, 0) is 4.79 Å². The molecule has 0 radical (unpaired) electrons. The fraction of sp³-hybridized carbons (Fsp3) is 0.421. The van der Waals surface area contributed by atoms with Gasteiger partial charge in [0, 0.05) is 17.7 Å². The standard InChI is InChI=1S/C19H23N3O2/c1-11-9-12(2)18(13(3)10-11)20-19(24)14(4)22-17(23)8-7-16(21-22)15-5-6-15/h7-10,14-15H,5-6H2,1-4H3,(H,20,24). The topological polar surface area (TPSA) is 64.0 Å². The van der Waals surface area contributed by atoms with Crippen molar-refractivity contribution in [1.82, 2.24) is 9.78 Å². The van der Waals surface area contributed by atoms with Crippen LogP contribution < -0.4 is 10.9 Å². The molecule has 5 heteroatoms. The minimum Gasteiger partial charge on any atom is -0.324 e. The van der Waals surface area contributed by atoms with Crippen LogP contribution >= 0.6 is 0 Å². The van der Waals surface area contributed by atoms with Crippen molar-refractivity contribution in [2.24, 2.45) is 0 Å². The molecule has 1 unspecified atom stereocenters. The Hall–Kier alpha value is -2.43. The first-order valence-electron chi connectivity index (χ1n) is 8.35. The normalized spacial score (nSPS) is 15.2. The number of aryl methyl sites for hydroxylation is 3. The molecule has 3 rings (SSSR count). The quantitative estimate of drug-likeness (QED) is 0.938. The average Bonchev–Trinajstić information content (AvgIpc) is 3.35. The summed E-state index contributed by atoms with van der Waals surface area (Å²) in [5.41, 5.74) is 4.64. The fourth-order valence-corrected chi connectivity index (χ4v) is 3.03. The number of rotatable bonds is 4. The lowest BCUT2D eigenvalue weighted by Gasteiger charge is -2.17. The third kappa shape index (κ3) is 3.25. The van der Waals surface area contributed by atoms with E-state index in [1.165, 1.54) is 10.7 Å². The van der Waals surface area contributed by atoms with Crippen LogP contribution in [0.3, 0.4) is 0 Å². The second-order valence-corrected chi connectivity index (χ2v) is 6.75. The number of nitrogens with zero attached hydrogens (tertiary/aromatic N) is 2. The van der Waals surface area contributed by atoms with E-state index in [1.807, 2.05) is 32.9 Å². The lowest BCUT2D eigenvalue weighted by atomic mass is 10.0. The summed E-state index contributed by atoms with van der Waals surface area (Å²) in [4.78, 5) is 24.8. The molecule has 1 aliphatic carbocycles. The van der Waals surface area contributed by atoms with E-state index in [9.17, 15) is 9.59 Å². The van der Waals surface area contributed by atoms with E-state index in [2.05, 4.69) is 10.4 Å². The molecule has 1 saturated carbocycles. The van der Waals surface area contributed by atoms with Crippen molar-refractivity contribution in [2.45, 2.75) is 52.5 Å². The Bertz CT molecular complexity index is 827. The van der Waals surface area contributed by atoms with Crippen molar-refractivity contribution >= 4 is 11.6 Å². The highest BCUT2D eigenvalue weighted by Gasteiger charge is 2.27. The third-order valence-electron chi connectivity index (χ3n) is 4.51. The largest absolute Gasteiger partial charge is 0.324 e. The minimum absolute atomic E-state index is 0.229. The summed E-state index contributed by atoms with van der Waals surface area (Å²) in [5.74, 6) is 0.210. The van der Waals surface area contributed by atoms with Gasteiger partial charge in [0.25, 0.3) is 5.56 Å². The highest BCUT2D eigenvalue weighted by atomic mass is 16.2. The summed E-state index contributed by atoms with van der Waals surface area (Å²) in [6, 6.07) is 6.69. The van der Waals surface area contributed by atoms with Crippen molar-refractivity contribution in [2.75, 3.05) is 5.32 Å². The minimum atomic E-state index is -0.656. The maximum atomic E-state index is 12.6. The summed E-state index contributed by atoms with van der Waals surface area (Å²) >= 11 is 0. The lowest BCUT2D eigenvalue weighted by Crippen LogP contribution is -2.33. The van der Waals surface area contributed by atoms with Crippen molar-refractivity contribution in [3.05, 3.63) is 57.0 Å². The fourth-order valence-electron chi connectivity index (χ4n) is 3.03. The van der Waals surface area contributed by atoms with Gasteiger partial charge in [-0.05, 0) is 57.7 Å². The molecule has 0 aliphatic heterocycles. The van der Waals surface area contributed by atoms with Crippen LogP contribution in [0, 0.1) is 20.8 Å². The Morgan fingerprint density at radius 1 is 1.21 bits per heavy atom. The molecule has 0 saturated heterocycles. The van der Waals surface area contributed by atoms with Crippen LogP contribution in [0.15, 0.2) is 29.1 Å². The van der Waals surface area contributed by atoms with Gasteiger partial charge in [-0.2, -0.15) is 5.10 Å². The zero-order valence-corrected chi connectivity index (χ0v) is 14.6. The predicted molar refractivity (Wildman–Crippen MR) is 94.5 cm³/mol. The van der Waals surface area contributed by atoms with Gasteiger partial charge < -0.3 is 5.32 Å². The Balaban J connectivity index is 1.85. The van der Waals surface area contributed by atoms with Gasteiger partial charge in [0.1, 0.15) is 6.04 Å². The van der Waals surface area contributed by atoms with Crippen LogP contribution in [0.5, 0.6) is 0 Å². The highest BCUT2D eigenvalue weighted by molar-refractivity contribution is 5.94. The van der Waals surface area contributed by atoms with Crippen molar-refractivity contribution in [3.63, 3.8) is 0 Å². The van der Waals surface area contributed by atoms with E-state index >= 15 is 0 Å². The first kappa shape index (κ1) is 16.4. The van der Waals surface area contributed by atoms with Gasteiger partial charge in [-0.3, -0.25) is 9.59 Å². The summed E-state index contributed by atoms with van der Waals surface area (Å²) in [5, 5.41) is 7.36. The summed E-state index contributed by atoms with van der Waals surface area (Å²) in [6.07, 6.45) is 2.21. The number of aromatic nitrogens is 2. The van der Waals surface area contributed by atoms with Gasteiger partial charge >= 0.3 is 0 Å². The monoisotopic (exact) mass is 325 g/mol. The molecule has 1 N–H and O–H groups in total. The molecular weight excluding hydrogens is 302 g/mol. The predicted octanol–water partition coefficient (Wildman–Crippen LogP) is 3.25. The van der Waals surface area contributed by atoms with Crippen LogP contribution in [0.25, 0.3) is 0 Å². The Labute approximate surface area is 141 Å². The molecule has 0 spiro atoms. The zero-order chi connectivity index (χ0) is 17.4. The number of hydrogen-bond donors (Lipinski definition) is 1. The second-order valence-electron chi connectivity index (χ2n) is 6.75. The van der Waals surface area contributed by atoms with Gasteiger partial charge in [-0.15, -0.1) is 0 Å². The maximum Gasteiger partial charge on any atom is 0.267 e. The molecule has 1 aromatic carbocycles. The smallest absolute Gasteiger partial charge is 0.267 e. The number of hydrogen-bond acceptors (Lipinski definition) is 3. The Morgan fingerprint density at radius 2 is 1.83 bits per heavy atom. The van der Waals surface area contributed by atoms with Crippen LogP contribution in [-0.4, -0.2) is 15.7 Å². The van der Waals surface area contributed by atoms with Gasteiger partial charge in [0.05, 0.1) is 5.69 Å². The Morgan fingerprint density at radius 3 is 2.42 bits per heavy atom. The first-order valence-corrected chi connectivity index (χ1v) is 8.35. The van der Waals surface area contributed by atoms with E-state index in [1.54, 1.807) is 13.0 Å². The van der Waals surface area contributed by atoms with Crippen LogP contribution in [0.4, 0.5) is 5.69 Å². The molecule has 24 heavy (non-hydrogen) atoms. The third-order valence-corrected chi connectivity index (χ3v) is 4.51. The lowest BCUT2D eigenvalue weighted by molar-refractivity contribution is -0.119. The van der Waals surface area contributed by atoms with Gasteiger partial charge in [0.2, 0.25) is 5.91 Å². The average molecular weight is 325 g/mol. The molecule has 126 valence electrons. The van der Waals surface area contributed by atoms with Gasteiger partial charge in [0.15, 0.2) is 0 Å².